The summed E-state index contributed by atoms with van der Waals surface area (Å²) in [6.07, 6.45) is 8.18. The van der Waals surface area contributed by atoms with Crippen LogP contribution < -0.4 is 5.32 Å². The van der Waals surface area contributed by atoms with Crippen molar-refractivity contribution in [2.24, 2.45) is 10.9 Å². The Morgan fingerprint density at radius 1 is 1.27 bits per heavy atom. The first-order valence-corrected chi connectivity index (χ1v) is 10.6. The second kappa shape index (κ2) is 12.5. The van der Waals surface area contributed by atoms with Crippen LogP contribution >= 0.6 is 0 Å². The summed E-state index contributed by atoms with van der Waals surface area (Å²) in [5.74, 6) is 1.50. The van der Waals surface area contributed by atoms with Gasteiger partial charge in [0.25, 0.3) is 0 Å². The maximum atomic E-state index is 9.24. The number of likely N-dealkylation sites (tertiary alicyclic amines) is 1. The maximum Gasteiger partial charge on any atom is 0.193 e. The molecular weight excluding hydrogens is 330 g/mol. The van der Waals surface area contributed by atoms with Gasteiger partial charge < -0.3 is 24.8 Å². The lowest BCUT2D eigenvalue weighted by Crippen LogP contribution is -2.47. The van der Waals surface area contributed by atoms with Crippen LogP contribution in [0.15, 0.2) is 4.99 Å². The molecule has 0 aromatic rings. The van der Waals surface area contributed by atoms with E-state index in [9.17, 15) is 5.11 Å². The number of aliphatic hydroxyl groups is 1. The lowest BCUT2D eigenvalue weighted by atomic mass is 10.0. The fraction of sp³-hybridized carbons (Fsp3) is 0.950. The SMILES string of the molecule is CCCC(CCO)CN=C(NCC)N1CCC(OCC2CCCO2)CC1. The number of nitrogens with zero attached hydrogens (tertiary/aromatic N) is 2. The Morgan fingerprint density at radius 2 is 2.08 bits per heavy atom. The smallest absolute Gasteiger partial charge is 0.193 e. The highest BCUT2D eigenvalue weighted by molar-refractivity contribution is 5.80. The number of rotatable bonds is 10. The van der Waals surface area contributed by atoms with Crippen LogP contribution in [0.4, 0.5) is 0 Å². The summed E-state index contributed by atoms with van der Waals surface area (Å²) in [7, 11) is 0. The fourth-order valence-electron chi connectivity index (χ4n) is 3.81. The van der Waals surface area contributed by atoms with Gasteiger partial charge in [0.1, 0.15) is 0 Å². The molecule has 0 radical (unpaired) electrons. The van der Waals surface area contributed by atoms with E-state index >= 15 is 0 Å². The van der Waals surface area contributed by atoms with Gasteiger partial charge >= 0.3 is 0 Å². The number of aliphatic hydroxyl groups excluding tert-OH is 1. The van der Waals surface area contributed by atoms with Gasteiger partial charge in [-0.3, -0.25) is 4.99 Å². The Bertz CT molecular complexity index is 386. The summed E-state index contributed by atoms with van der Waals surface area (Å²) in [4.78, 5) is 7.23. The molecule has 2 atom stereocenters. The van der Waals surface area contributed by atoms with Gasteiger partial charge in [-0.25, -0.2) is 0 Å². The molecule has 2 N–H and O–H groups in total. The molecule has 26 heavy (non-hydrogen) atoms. The zero-order valence-corrected chi connectivity index (χ0v) is 16.8. The van der Waals surface area contributed by atoms with Crippen molar-refractivity contribution in [1.29, 1.82) is 0 Å². The Morgan fingerprint density at radius 3 is 2.69 bits per heavy atom. The standard InChI is InChI=1S/C20H39N3O3/c1-3-6-17(10-13-24)15-22-20(21-4-2)23-11-8-18(9-12-23)26-16-19-7-5-14-25-19/h17-19,24H,3-16H2,1-2H3,(H,21,22). The topological polar surface area (TPSA) is 66.3 Å². The van der Waals surface area contributed by atoms with E-state index in [0.29, 0.717) is 18.1 Å². The van der Waals surface area contributed by atoms with Crippen molar-refractivity contribution in [2.75, 3.05) is 46.0 Å². The highest BCUT2D eigenvalue weighted by Gasteiger charge is 2.24. The summed E-state index contributed by atoms with van der Waals surface area (Å²) >= 11 is 0. The van der Waals surface area contributed by atoms with Crippen LogP contribution in [0.5, 0.6) is 0 Å². The molecule has 2 unspecified atom stereocenters. The summed E-state index contributed by atoms with van der Waals surface area (Å²) < 4.78 is 11.7. The molecule has 152 valence electrons. The average molecular weight is 370 g/mol. The minimum absolute atomic E-state index is 0.254. The van der Waals surface area contributed by atoms with Crippen molar-refractivity contribution in [1.82, 2.24) is 10.2 Å². The lowest BCUT2D eigenvalue weighted by Gasteiger charge is -2.34. The van der Waals surface area contributed by atoms with Gasteiger partial charge in [0.05, 0.1) is 18.8 Å². The molecule has 6 heteroatoms. The molecule has 0 saturated carbocycles. The number of aliphatic imine (C=N–C) groups is 1. The molecule has 0 bridgehead atoms. The van der Waals surface area contributed by atoms with E-state index in [-0.39, 0.29) is 6.61 Å². The molecule has 2 saturated heterocycles. The zero-order chi connectivity index (χ0) is 18.6. The van der Waals surface area contributed by atoms with Crippen LogP contribution in [-0.4, -0.2) is 74.2 Å². The Kier molecular flexibility index (Phi) is 10.3. The van der Waals surface area contributed by atoms with Crippen LogP contribution in [0.3, 0.4) is 0 Å². The van der Waals surface area contributed by atoms with E-state index in [4.69, 9.17) is 14.5 Å². The molecule has 0 amide bonds. The first-order valence-electron chi connectivity index (χ1n) is 10.6. The van der Waals surface area contributed by atoms with E-state index in [0.717, 1.165) is 83.9 Å². The van der Waals surface area contributed by atoms with Gasteiger partial charge in [-0.15, -0.1) is 0 Å². The zero-order valence-electron chi connectivity index (χ0n) is 16.8. The Labute approximate surface area is 159 Å². The van der Waals surface area contributed by atoms with Gasteiger partial charge in [-0.05, 0) is 51.4 Å². The summed E-state index contributed by atoms with van der Waals surface area (Å²) in [6.45, 7) is 9.86. The quantitative estimate of drug-likeness (QED) is 0.457. The number of ether oxygens (including phenoxy) is 2. The molecule has 0 aliphatic carbocycles. The number of hydrogen-bond donors (Lipinski definition) is 2. The summed E-state index contributed by atoms with van der Waals surface area (Å²) in [5, 5.41) is 12.7. The van der Waals surface area contributed by atoms with Crippen molar-refractivity contribution in [2.45, 2.75) is 71.0 Å². The molecular formula is C20H39N3O3. The van der Waals surface area contributed by atoms with Crippen molar-refractivity contribution >= 4 is 5.96 Å². The maximum absolute atomic E-state index is 9.24. The molecule has 0 aromatic carbocycles. The molecule has 2 aliphatic heterocycles. The first-order chi connectivity index (χ1) is 12.8. The van der Waals surface area contributed by atoms with Crippen LogP contribution in [0.2, 0.25) is 0 Å². The largest absolute Gasteiger partial charge is 0.396 e. The van der Waals surface area contributed by atoms with Crippen molar-refractivity contribution < 1.29 is 14.6 Å². The molecule has 6 nitrogen and oxygen atoms in total. The normalized spacial score (nSPS) is 23.4. The second-order valence-corrected chi connectivity index (χ2v) is 7.52. The predicted octanol–water partition coefficient (Wildman–Crippen LogP) is 2.41. The highest BCUT2D eigenvalue weighted by atomic mass is 16.5. The van der Waals surface area contributed by atoms with Crippen molar-refractivity contribution in [3.05, 3.63) is 0 Å². The Balaban J connectivity index is 1.77. The molecule has 2 fully saturated rings. The molecule has 2 aliphatic rings. The number of piperidine rings is 1. The Hall–Kier alpha value is -0.850. The second-order valence-electron chi connectivity index (χ2n) is 7.52. The summed E-state index contributed by atoms with van der Waals surface area (Å²) in [6, 6.07) is 0. The van der Waals surface area contributed by atoms with Gasteiger partial charge in [0.15, 0.2) is 5.96 Å². The molecule has 2 rings (SSSR count). The van der Waals surface area contributed by atoms with Gasteiger partial charge in [-0.2, -0.15) is 0 Å². The minimum Gasteiger partial charge on any atom is -0.396 e. The van der Waals surface area contributed by atoms with E-state index in [2.05, 4.69) is 24.1 Å². The minimum atomic E-state index is 0.254. The van der Waals surface area contributed by atoms with Gasteiger partial charge in [0, 0.05) is 39.4 Å². The fourth-order valence-corrected chi connectivity index (χ4v) is 3.81. The number of guanidine groups is 1. The van der Waals surface area contributed by atoms with E-state index in [1.165, 1.54) is 6.42 Å². The van der Waals surface area contributed by atoms with E-state index in [1.807, 2.05) is 0 Å². The number of hydrogen-bond acceptors (Lipinski definition) is 4. The van der Waals surface area contributed by atoms with E-state index < -0.39 is 0 Å². The van der Waals surface area contributed by atoms with Gasteiger partial charge in [0.2, 0.25) is 0 Å². The van der Waals surface area contributed by atoms with Crippen LogP contribution in [0.25, 0.3) is 0 Å². The van der Waals surface area contributed by atoms with E-state index in [1.54, 1.807) is 0 Å². The lowest BCUT2D eigenvalue weighted by molar-refractivity contribution is -0.0367. The molecule has 0 spiro atoms. The average Bonchev–Trinajstić information content (AvgIpc) is 3.18. The van der Waals surface area contributed by atoms with Crippen molar-refractivity contribution in [3.63, 3.8) is 0 Å². The molecule has 0 aromatic heterocycles. The monoisotopic (exact) mass is 369 g/mol. The van der Waals surface area contributed by atoms with Crippen LogP contribution in [-0.2, 0) is 9.47 Å². The first kappa shape index (κ1) is 21.5. The molecule has 2 heterocycles. The number of nitrogens with one attached hydrogen (secondary N) is 1. The van der Waals surface area contributed by atoms with Gasteiger partial charge in [-0.1, -0.05) is 13.3 Å². The van der Waals surface area contributed by atoms with Crippen LogP contribution in [0.1, 0.15) is 58.8 Å². The third-order valence-electron chi connectivity index (χ3n) is 5.35. The third kappa shape index (κ3) is 7.41. The van der Waals surface area contributed by atoms with Crippen molar-refractivity contribution in [3.8, 4) is 0 Å². The summed E-state index contributed by atoms with van der Waals surface area (Å²) in [5.41, 5.74) is 0. The highest BCUT2D eigenvalue weighted by Crippen LogP contribution is 2.18. The third-order valence-corrected chi connectivity index (χ3v) is 5.35. The van der Waals surface area contributed by atoms with Crippen LogP contribution in [0, 0.1) is 5.92 Å². The predicted molar refractivity (Wildman–Crippen MR) is 106 cm³/mol.